The van der Waals surface area contributed by atoms with Crippen molar-refractivity contribution in [1.82, 2.24) is 5.32 Å². The number of hydrogen-bond acceptors (Lipinski definition) is 2. The molecule has 0 spiro atoms. The average Bonchev–Trinajstić information content (AvgIpc) is 2.37. The van der Waals surface area contributed by atoms with Crippen LogP contribution in [0.2, 0.25) is 0 Å². The molecule has 0 heterocycles. The summed E-state index contributed by atoms with van der Waals surface area (Å²) in [6.07, 6.45) is 5.95. The van der Waals surface area contributed by atoms with E-state index in [0.717, 1.165) is 13.0 Å². The fraction of sp³-hybridized carbons (Fsp3) is 0.647. The highest BCUT2D eigenvalue weighted by Gasteiger charge is 2.15. The van der Waals surface area contributed by atoms with Gasteiger partial charge in [-0.25, -0.2) is 0 Å². The molecule has 0 aliphatic rings. The Balaban J connectivity index is 2.59. The molecular formula is C17H28BrNS. The summed E-state index contributed by atoms with van der Waals surface area (Å²) >= 11 is 5.62. The minimum absolute atomic E-state index is 0.200. The van der Waals surface area contributed by atoms with Crippen molar-refractivity contribution >= 4 is 27.7 Å². The Morgan fingerprint density at radius 2 is 1.95 bits per heavy atom. The molecule has 1 rings (SSSR count). The Morgan fingerprint density at radius 1 is 1.25 bits per heavy atom. The molecule has 3 heteroatoms. The van der Waals surface area contributed by atoms with Crippen molar-refractivity contribution < 1.29 is 0 Å². The Labute approximate surface area is 137 Å². The van der Waals surface area contributed by atoms with Crippen molar-refractivity contribution in [3.8, 4) is 0 Å². The van der Waals surface area contributed by atoms with Gasteiger partial charge < -0.3 is 5.32 Å². The van der Waals surface area contributed by atoms with Crippen LogP contribution >= 0.6 is 27.7 Å². The zero-order valence-electron chi connectivity index (χ0n) is 13.2. The SMILES string of the molecule is CSCCCC(CNC(C)(C)C)Cc1ccccc1Br. The highest BCUT2D eigenvalue weighted by atomic mass is 79.9. The number of rotatable bonds is 8. The molecule has 1 atom stereocenters. The summed E-state index contributed by atoms with van der Waals surface area (Å²) in [5, 5.41) is 3.67. The van der Waals surface area contributed by atoms with Gasteiger partial charge in [0.2, 0.25) is 0 Å². The Morgan fingerprint density at radius 3 is 2.55 bits per heavy atom. The number of nitrogens with one attached hydrogen (secondary N) is 1. The van der Waals surface area contributed by atoms with Gasteiger partial charge in [-0.3, -0.25) is 0 Å². The molecule has 0 aliphatic carbocycles. The molecule has 1 N–H and O–H groups in total. The van der Waals surface area contributed by atoms with E-state index in [9.17, 15) is 0 Å². The third-order valence-electron chi connectivity index (χ3n) is 3.35. The van der Waals surface area contributed by atoms with Crippen molar-refractivity contribution in [2.45, 2.75) is 45.6 Å². The summed E-state index contributed by atoms with van der Waals surface area (Å²) in [4.78, 5) is 0. The zero-order valence-corrected chi connectivity index (χ0v) is 15.6. The maximum atomic E-state index is 3.67. The van der Waals surface area contributed by atoms with Crippen LogP contribution < -0.4 is 5.32 Å². The van der Waals surface area contributed by atoms with Gasteiger partial charge in [-0.1, -0.05) is 34.1 Å². The second-order valence-electron chi connectivity index (χ2n) is 6.43. The highest BCUT2D eigenvalue weighted by molar-refractivity contribution is 9.10. The normalized spacial score (nSPS) is 13.4. The van der Waals surface area contributed by atoms with E-state index >= 15 is 0 Å². The Bertz CT molecular complexity index is 387. The van der Waals surface area contributed by atoms with Gasteiger partial charge in [-0.05, 0) is 76.1 Å². The zero-order chi connectivity index (χ0) is 15.0. The highest BCUT2D eigenvalue weighted by Crippen LogP contribution is 2.22. The minimum Gasteiger partial charge on any atom is -0.312 e. The maximum absolute atomic E-state index is 3.67. The molecule has 0 bridgehead atoms. The lowest BCUT2D eigenvalue weighted by atomic mass is 9.94. The molecule has 0 saturated carbocycles. The van der Waals surface area contributed by atoms with Crippen LogP contribution in [0.3, 0.4) is 0 Å². The van der Waals surface area contributed by atoms with E-state index < -0.39 is 0 Å². The van der Waals surface area contributed by atoms with Crippen LogP contribution in [0.25, 0.3) is 0 Å². The molecule has 0 saturated heterocycles. The minimum atomic E-state index is 0.200. The second-order valence-corrected chi connectivity index (χ2v) is 8.27. The first-order valence-corrected chi connectivity index (χ1v) is 9.58. The number of thioether (sulfide) groups is 1. The van der Waals surface area contributed by atoms with Crippen molar-refractivity contribution in [1.29, 1.82) is 0 Å². The van der Waals surface area contributed by atoms with Crippen LogP contribution in [-0.4, -0.2) is 24.1 Å². The summed E-state index contributed by atoms with van der Waals surface area (Å²) in [5.74, 6) is 1.97. The van der Waals surface area contributed by atoms with Gasteiger partial charge in [0, 0.05) is 10.0 Å². The molecule has 0 aliphatic heterocycles. The third kappa shape index (κ3) is 7.70. The molecule has 114 valence electrons. The lowest BCUT2D eigenvalue weighted by Crippen LogP contribution is -2.39. The lowest BCUT2D eigenvalue weighted by molar-refractivity contribution is 0.355. The predicted octanol–water partition coefficient (Wildman–Crippen LogP) is 5.14. The molecular weight excluding hydrogens is 330 g/mol. The largest absolute Gasteiger partial charge is 0.312 e. The summed E-state index contributed by atoms with van der Waals surface area (Å²) in [6.45, 7) is 7.82. The predicted molar refractivity (Wildman–Crippen MR) is 96.7 cm³/mol. The standard InChI is InChI=1S/C17H28BrNS/c1-17(2,3)19-13-14(8-7-11-20-4)12-15-9-5-6-10-16(15)18/h5-6,9-10,14,19H,7-8,11-13H2,1-4H3. The van der Waals surface area contributed by atoms with Crippen molar-refractivity contribution in [2.75, 3.05) is 18.6 Å². The third-order valence-corrected chi connectivity index (χ3v) is 4.82. The Kier molecular flexibility index (Phi) is 8.23. The molecule has 1 nitrogen and oxygen atoms in total. The molecule has 1 aromatic carbocycles. The smallest absolute Gasteiger partial charge is 0.0207 e. The van der Waals surface area contributed by atoms with Crippen molar-refractivity contribution in [3.05, 3.63) is 34.3 Å². The first-order valence-electron chi connectivity index (χ1n) is 7.40. The fourth-order valence-corrected chi connectivity index (χ4v) is 3.12. The Hall–Kier alpha value is 0.01000. The molecule has 0 fully saturated rings. The van der Waals surface area contributed by atoms with E-state index in [1.54, 1.807) is 0 Å². The fourth-order valence-electron chi connectivity index (χ4n) is 2.22. The molecule has 20 heavy (non-hydrogen) atoms. The number of benzene rings is 1. The lowest BCUT2D eigenvalue weighted by Gasteiger charge is -2.25. The summed E-state index contributed by atoms with van der Waals surface area (Å²) in [7, 11) is 0. The van der Waals surface area contributed by atoms with E-state index in [-0.39, 0.29) is 5.54 Å². The molecule has 1 unspecified atom stereocenters. The van der Waals surface area contributed by atoms with Crippen LogP contribution in [0.15, 0.2) is 28.7 Å². The van der Waals surface area contributed by atoms with Crippen LogP contribution in [0, 0.1) is 5.92 Å². The molecule has 0 amide bonds. The van der Waals surface area contributed by atoms with Crippen LogP contribution in [0.1, 0.15) is 39.2 Å². The van der Waals surface area contributed by atoms with Gasteiger partial charge in [-0.2, -0.15) is 11.8 Å². The van der Waals surface area contributed by atoms with E-state index in [0.29, 0.717) is 5.92 Å². The summed E-state index contributed by atoms with van der Waals surface area (Å²) in [5.41, 5.74) is 1.63. The second kappa shape index (κ2) is 9.11. The van der Waals surface area contributed by atoms with E-state index in [4.69, 9.17) is 0 Å². The van der Waals surface area contributed by atoms with Gasteiger partial charge in [0.05, 0.1) is 0 Å². The van der Waals surface area contributed by atoms with Crippen molar-refractivity contribution in [3.63, 3.8) is 0 Å². The van der Waals surface area contributed by atoms with Gasteiger partial charge in [0.15, 0.2) is 0 Å². The van der Waals surface area contributed by atoms with Gasteiger partial charge in [0.1, 0.15) is 0 Å². The van der Waals surface area contributed by atoms with Gasteiger partial charge >= 0.3 is 0 Å². The summed E-state index contributed by atoms with van der Waals surface area (Å²) in [6, 6.07) is 8.61. The van der Waals surface area contributed by atoms with Crippen LogP contribution in [-0.2, 0) is 6.42 Å². The first kappa shape index (κ1) is 18.1. The average molecular weight is 358 g/mol. The first-order chi connectivity index (χ1) is 9.42. The molecule has 0 aromatic heterocycles. The topological polar surface area (TPSA) is 12.0 Å². The monoisotopic (exact) mass is 357 g/mol. The van der Waals surface area contributed by atoms with Crippen LogP contribution in [0.4, 0.5) is 0 Å². The quantitative estimate of drug-likeness (QED) is 0.646. The van der Waals surface area contributed by atoms with Gasteiger partial charge in [-0.15, -0.1) is 0 Å². The van der Waals surface area contributed by atoms with Crippen molar-refractivity contribution in [2.24, 2.45) is 5.92 Å². The van der Waals surface area contributed by atoms with Crippen LogP contribution in [0.5, 0.6) is 0 Å². The van der Waals surface area contributed by atoms with E-state index in [1.807, 2.05) is 11.8 Å². The molecule has 1 aromatic rings. The number of hydrogen-bond donors (Lipinski definition) is 1. The molecule has 0 radical (unpaired) electrons. The summed E-state index contributed by atoms with van der Waals surface area (Å²) < 4.78 is 1.24. The van der Waals surface area contributed by atoms with E-state index in [1.165, 1.54) is 28.6 Å². The maximum Gasteiger partial charge on any atom is 0.0207 e. The van der Waals surface area contributed by atoms with E-state index in [2.05, 4.69) is 72.5 Å². The van der Waals surface area contributed by atoms with Gasteiger partial charge in [0.25, 0.3) is 0 Å². The number of halogens is 1.